The molecular formula is C16H23ClN2O. The van der Waals surface area contributed by atoms with E-state index in [1.165, 1.54) is 5.56 Å². The van der Waals surface area contributed by atoms with Crippen molar-refractivity contribution in [2.24, 2.45) is 0 Å². The Kier molecular flexibility index (Phi) is 3.69. The van der Waals surface area contributed by atoms with Crippen LogP contribution in [0.25, 0.3) is 0 Å². The zero-order valence-corrected chi connectivity index (χ0v) is 13.3. The molecule has 1 N–H and O–H groups in total. The van der Waals surface area contributed by atoms with Crippen molar-refractivity contribution in [3.8, 4) is 5.75 Å². The van der Waals surface area contributed by atoms with Crippen LogP contribution in [0, 0.1) is 6.92 Å². The molecule has 0 saturated carbocycles. The van der Waals surface area contributed by atoms with Crippen molar-refractivity contribution in [2.75, 3.05) is 27.2 Å². The maximum absolute atomic E-state index is 6.45. The fourth-order valence-electron chi connectivity index (χ4n) is 3.38. The van der Waals surface area contributed by atoms with Gasteiger partial charge in [0.05, 0.1) is 0 Å². The summed E-state index contributed by atoms with van der Waals surface area (Å²) in [5, 5.41) is 4.26. The van der Waals surface area contributed by atoms with Crippen LogP contribution < -0.4 is 10.1 Å². The fraction of sp³-hybridized carbons (Fsp3) is 0.625. The monoisotopic (exact) mass is 294 g/mol. The van der Waals surface area contributed by atoms with E-state index in [4.69, 9.17) is 16.3 Å². The molecule has 2 heterocycles. The second-order valence-electron chi connectivity index (χ2n) is 6.27. The number of nitrogens with one attached hydrogen (secondary N) is 1. The summed E-state index contributed by atoms with van der Waals surface area (Å²) in [5.74, 6) is 1.02. The number of ether oxygens (including phenoxy) is 1. The molecule has 0 radical (unpaired) electrons. The lowest BCUT2D eigenvalue weighted by Crippen LogP contribution is -2.50. The van der Waals surface area contributed by atoms with E-state index < -0.39 is 0 Å². The Morgan fingerprint density at radius 1 is 1.35 bits per heavy atom. The molecular weight excluding hydrogens is 272 g/mol. The zero-order valence-electron chi connectivity index (χ0n) is 12.5. The molecule has 1 aromatic rings. The SMILES string of the molecule is CNC1CC2(CCN(C)CC2)Oc2cc(C)c(Cl)cc21. The highest BCUT2D eigenvalue weighted by Crippen LogP contribution is 2.45. The molecule has 3 rings (SSSR count). The van der Waals surface area contributed by atoms with Crippen LogP contribution in [0.2, 0.25) is 5.02 Å². The normalized spacial score (nSPS) is 25.3. The molecule has 0 aliphatic carbocycles. The molecule has 1 aromatic carbocycles. The number of piperidine rings is 1. The summed E-state index contributed by atoms with van der Waals surface area (Å²) in [6, 6.07) is 4.50. The third-order valence-electron chi connectivity index (χ3n) is 4.82. The summed E-state index contributed by atoms with van der Waals surface area (Å²) in [7, 11) is 4.21. The van der Waals surface area contributed by atoms with Crippen LogP contribution >= 0.6 is 11.6 Å². The second kappa shape index (κ2) is 5.21. The molecule has 1 saturated heterocycles. The van der Waals surface area contributed by atoms with Crippen LogP contribution in [0.4, 0.5) is 0 Å². The molecule has 1 fully saturated rings. The van der Waals surface area contributed by atoms with Gasteiger partial charge in [0.25, 0.3) is 0 Å². The number of hydrogen-bond acceptors (Lipinski definition) is 3. The Bertz CT molecular complexity index is 509. The quantitative estimate of drug-likeness (QED) is 0.861. The first-order chi connectivity index (χ1) is 9.53. The molecule has 0 aromatic heterocycles. The summed E-state index contributed by atoms with van der Waals surface area (Å²) >= 11 is 6.27. The first-order valence-corrected chi connectivity index (χ1v) is 7.76. The van der Waals surface area contributed by atoms with Gasteiger partial charge in [0.15, 0.2) is 0 Å². The molecule has 2 aliphatic rings. The summed E-state index contributed by atoms with van der Waals surface area (Å²) in [6.45, 7) is 4.26. The largest absolute Gasteiger partial charge is 0.487 e. The van der Waals surface area contributed by atoms with Gasteiger partial charge in [-0.1, -0.05) is 11.6 Å². The van der Waals surface area contributed by atoms with Crippen molar-refractivity contribution in [1.29, 1.82) is 0 Å². The van der Waals surface area contributed by atoms with E-state index in [1.54, 1.807) is 0 Å². The minimum atomic E-state index is -0.00649. The zero-order chi connectivity index (χ0) is 14.3. The second-order valence-corrected chi connectivity index (χ2v) is 6.68. The molecule has 1 spiro atoms. The van der Waals surface area contributed by atoms with E-state index in [9.17, 15) is 0 Å². The van der Waals surface area contributed by atoms with Crippen molar-refractivity contribution in [2.45, 2.75) is 37.8 Å². The van der Waals surface area contributed by atoms with E-state index in [-0.39, 0.29) is 5.60 Å². The summed E-state index contributed by atoms with van der Waals surface area (Å²) in [5.41, 5.74) is 2.28. The number of likely N-dealkylation sites (tertiary alicyclic amines) is 1. The molecule has 110 valence electrons. The van der Waals surface area contributed by atoms with Gasteiger partial charge in [0.2, 0.25) is 0 Å². The highest BCUT2D eigenvalue weighted by atomic mass is 35.5. The van der Waals surface area contributed by atoms with E-state index in [1.807, 2.05) is 14.0 Å². The molecule has 0 bridgehead atoms. The van der Waals surface area contributed by atoms with Crippen LogP contribution in [0.15, 0.2) is 12.1 Å². The lowest BCUT2D eigenvalue weighted by Gasteiger charge is -2.46. The number of rotatable bonds is 1. The molecule has 2 aliphatic heterocycles. The van der Waals surface area contributed by atoms with Crippen molar-refractivity contribution < 1.29 is 4.74 Å². The van der Waals surface area contributed by atoms with Gasteiger partial charge in [0, 0.05) is 36.1 Å². The summed E-state index contributed by atoms with van der Waals surface area (Å²) < 4.78 is 6.45. The third-order valence-corrected chi connectivity index (χ3v) is 5.22. The third kappa shape index (κ3) is 2.43. The minimum Gasteiger partial charge on any atom is -0.487 e. The Morgan fingerprint density at radius 3 is 2.70 bits per heavy atom. The van der Waals surface area contributed by atoms with E-state index in [2.05, 4.69) is 29.4 Å². The lowest BCUT2D eigenvalue weighted by molar-refractivity contribution is -0.0195. The predicted molar refractivity (Wildman–Crippen MR) is 82.7 cm³/mol. The van der Waals surface area contributed by atoms with Crippen LogP contribution in [0.5, 0.6) is 5.75 Å². The van der Waals surface area contributed by atoms with Gasteiger partial charge >= 0.3 is 0 Å². The maximum Gasteiger partial charge on any atom is 0.125 e. The summed E-state index contributed by atoms with van der Waals surface area (Å²) in [4.78, 5) is 2.38. The summed E-state index contributed by atoms with van der Waals surface area (Å²) in [6.07, 6.45) is 3.23. The van der Waals surface area contributed by atoms with Gasteiger partial charge in [-0.2, -0.15) is 0 Å². The van der Waals surface area contributed by atoms with Gasteiger partial charge in [-0.3, -0.25) is 0 Å². The maximum atomic E-state index is 6.45. The highest BCUT2D eigenvalue weighted by molar-refractivity contribution is 6.31. The number of aryl methyl sites for hydroxylation is 1. The van der Waals surface area contributed by atoms with Crippen LogP contribution in [0.3, 0.4) is 0 Å². The molecule has 1 atom stereocenters. The topological polar surface area (TPSA) is 24.5 Å². The molecule has 20 heavy (non-hydrogen) atoms. The van der Waals surface area contributed by atoms with E-state index in [0.29, 0.717) is 6.04 Å². The molecule has 0 amide bonds. The number of benzene rings is 1. The number of fused-ring (bicyclic) bond motifs is 1. The fourth-order valence-corrected chi connectivity index (χ4v) is 3.55. The predicted octanol–water partition coefficient (Wildman–Crippen LogP) is 3.16. The first-order valence-electron chi connectivity index (χ1n) is 7.38. The van der Waals surface area contributed by atoms with Crippen LogP contribution in [0.1, 0.15) is 36.4 Å². The first kappa shape index (κ1) is 14.2. The van der Waals surface area contributed by atoms with Gasteiger partial charge < -0.3 is 15.0 Å². The molecule has 3 nitrogen and oxygen atoms in total. The average Bonchev–Trinajstić information content (AvgIpc) is 2.44. The van der Waals surface area contributed by atoms with Gasteiger partial charge in [0.1, 0.15) is 11.4 Å². The molecule has 1 unspecified atom stereocenters. The minimum absolute atomic E-state index is 0.00649. The number of halogens is 1. The Morgan fingerprint density at radius 2 is 2.05 bits per heavy atom. The van der Waals surface area contributed by atoms with E-state index in [0.717, 1.165) is 48.7 Å². The Labute approximate surface area is 126 Å². The Balaban J connectivity index is 1.95. The number of nitrogens with zero attached hydrogens (tertiary/aromatic N) is 1. The highest BCUT2D eigenvalue weighted by Gasteiger charge is 2.42. The van der Waals surface area contributed by atoms with Crippen molar-refractivity contribution >= 4 is 11.6 Å². The standard InChI is InChI=1S/C16H23ClN2O/c1-11-8-15-12(9-13(11)17)14(18-2)10-16(20-15)4-6-19(3)7-5-16/h8-9,14,18H,4-7,10H2,1-3H3. The molecule has 4 heteroatoms. The number of hydrogen-bond donors (Lipinski definition) is 1. The van der Waals surface area contributed by atoms with Gasteiger partial charge in [-0.05, 0) is 51.6 Å². The average molecular weight is 295 g/mol. The van der Waals surface area contributed by atoms with Gasteiger partial charge in [-0.15, -0.1) is 0 Å². The van der Waals surface area contributed by atoms with Gasteiger partial charge in [-0.25, -0.2) is 0 Å². The Hall–Kier alpha value is -0.770. The lowest BCUT2D eigenvalue weighted by atomic mass is 9.80. The smallest absolute Gasteiger partial charge is 0.125 e. The van der Waals surface area contributed by atoms with E-state index >= 15 is 0 Å². The van der Waals surface area contributed by atoms with Crippen LogP contribution in [-0.2, 0) is 0 Å². The van der Waals surface area contributed by atoms with Crippen molar-refractivity contribution in [3.63, 3.8) is 0 Å². The van der Waals surface area contributed by atoms with Crippen molar-refractivity contribution in [3.05, 3.63) is 28.3 Å². The van der Waals surface area contributed by atoms with Crippen LogP contribution in [-0.4, -0.2) is 37.7 Å². The van der Waals surface area contributed by atoms with Crippen molar-refractivity contribution in [1.82, 2.24) is 10.2 Å².